The van der Waals surface area contributed by atoms with Gasteiger partial charge in [0.2, 0.25) is 0 Å². The minimum atomic E-state index is 0.0197. The average molecular weight is 446 g/mol. The van der Waals surface area contributed by atoms with Gasteiger partial charge in [0, 0.05) is 17.0 Å². The van der Waals surface area contributed by atoms with Crippen molar-refractivity contribution in [2.24, 2.45) is 11.8 Å². The van der Waals surface area contributed by atoms with Gasteiger partial charge in [0.1, 0.15) is 0 Å². The number of fused-ring (bicyclic) bond motifs is 1. The molecule has 1 aromatic carbocycles. The van der Waals surface area contributed by atoms with E-state index in [9.17, 15) is 0 Å². The van der Waals surface area contributed by atoms with Crippen LogP contribution in [0, 0.1) is 11.8 Å². The molecule has 1 atom stereocenters. The monoisotopic (exact) mass is 445 g/mol. The van der Waals surface area contributed by atoms with E-state index in [-0.39, 0.29) is 5.41 Å². The highest BCUT2D eigenvalue weighted by Gasteiger charge is 2.40. The molecule has 0 bridgehead atoms. The van der Waals surface area contributed by atoms with Crippen molar-refractivity contribution in [3.05, 3.63) is 71.1 Å². The van der Waals surface area contributed by atoms with Crippen LogP contribution in [0.5, 0.6) is 0 Å². The van der Waals surface area contributed by atoms with Crippen LogP contribution in [0.2, 0.25) is 0 Å². The minimum Gasteiger partial charge on any atom is -0.256 e. The van der Waals surface area contributed by atoms with Gasteiger partial charge in [-0.2, -0.15) is 0 Å². The summed E-state index contributed by atoms with van der Waals surface area (Å²) in [4.78, 5) is 4.91. The zero-order valence-corrected chi connectivity index (χ0v) is 22.8. The van der Waals surface area contributed by atoms with Crippen LogP contribution >= 0.6 is 0 Å². The number of nitrogens with zero attached hydrogens (tertiary/aromatic N) is 1. The van der Waals surface area contributed by atoms with Crippen molar-refractivity contribution in [2.75, 3.05) is 0 Å². The lowest BCUT2D eigenvalue weighted by Gasteiger charge is -2.41. The average Bonchev–Trinajstić information content (AvgIpc) is 2.78. The largest absolute Gasteiger partial charge is 0.256 e. The summed E-state index contributed by atoms with van der Waals surface area (Å²) in [7, 11) is 0. The van der Waals surface area contributed by atoms with Crippen LogP contribution in [0.3, 0.4) is 0 Å². The lowest BCUT2D eigenvalue weighted by Crippen LogP contribution is -2.30. The predicted octanol–water partition coefficient (Wildman–Crippen LogP) is 10.1. The van der Waals surface area contributed by atoms with Crippen molar-refractivity contribution >= 4 is 16.3 Å². The molecule has 0 aliphatic heterocycles. The molecular weight excluding hydrogens is 398 g/mol. The molecule has 0 spiro atoms. The summed E-state index contributed by atoms with van der Waals surface area (Å²) in [5, 5.41) is 2.68. The van der Waals surface area contributed by atoms with E-state index in [1.54, 1.807) is 0 Å². The molecule has 2 aliphatic rings. The topological polar surface area (TPSA) is 12.9 Å². The molecule has 2 aliphatic carbocycles. The highest BCUT2D eigenvalue weighted by atomic mass is 14.7. The fourth-order valence-electron chi connectivity index (χ4n) is 4.92. The Kier molecular flexibility index (Phi) is 10.1. The molecule has 0 fully saturated rings. The fourth-order valence-corrected chi connectivity index (χ4v) is 4.92. The van der Waals surface area contributed by atoms with Gasteiger partial charge in [-0.05, 0) is 59.8 Å². The first-order chi connectivity index (χ1) is 15.7. The lowest BCUT2D eigenvalue weighted by molar-refractivity contribution is 0.591. The number of hydrogen-bond acceptors (Lipinski definition) is 1. The van der Waals surface area contributed by atoms with Gasteiger partial charge in [-0.1, -0.05) is 117 Å². The van der Waals surface area contributed by atoms with Gasteiger partial charge in [-0.25, -0.2) is 0 Å². The molecule has 0 saturated carbocycles. The lowest BCUT2D eigenvalue weighted by atomic mass is 9.63. The van der Waals surface area contributed by atoms with E-state index in [0.29, 0.717) is 11.8 Å². The minimum absolute atomic E-state index is 0.0197. The molecule has 180 valence electrons. The van der Waals surface area contributed by atoms with Gasteiger partial charge in [0.15, 0.2) is 0 Å². The van der Waals surface area contributed by atoms with Crippen LogP contribution in [-0.2, 0) is 5.41 Å². The quantitative estimate of drug-likeness (QED) is 0.426. The van der Waals surface area contributed by atoms with E-state index < -0.39 is 0 Å². The molecule has 1 unspecified atom stereocenters. The SMILES string of the molecule is CC1=CCC(CC=CC(C)C)C2=C1C(C)(C)c1cccc3ccnc2c13.CCC.CCCC. The molecule has 1 heteroatoms. The van der Waals surface area contributed by atoms with Crippen LogP contribution in [0.25, 0.3) is 16.3 Å². The fraction of sp³-hybridized carbons (Fsp3) is 0.531. The maximum absolute atomic E-state index is 4.91. The molecule has 0 N–H and O–H groups in total. The second kappa shape index (κ2) is 12.4. The second-order valence-electron chi connectivity index (χ2n) is 10.4. The Morgan fingerprint density at radius 1 is 1.06 bits per heavy atom. The maximum atomic E-state index is 4.91. The van der Waals surface area contributed by atoms with Crippen molar-refractivity contribution in [1.82, 2.24) is 4.98 Å². The van der Waals surface area contributed by atoms with Gasteiger partial charge in [0.25, 0.3) is 0 Å². The molecule has 1 heterocycles. The number of hydrogen-bond donors (Lipinski definition) is 0. The summed E-state index contributed by atoms with van der Waals surface area (Å²) in [6.45, 7) is 20.2. The zero-order chi connectivity index (χ0) is 24.6. The van der Waals surface area contributed by atoms with Crippen molar-refractivity contribution in [3.8, 4) is 0 Å². The normalized spacial score (nSPS) is 18.4. The number of rotatable bonds is 4. The second-order valence-corrected chi connectivity index (χ2v) is 10.4. The number of pyridine rings is 1. The van der Waals surface area contributed by atoms with Crippen LogP contribution in [-0.4, -0.2) is 4.98 Å². The molecule has 1 nitrogen and oxygen atoms in total. The molecule has 0 amide bonds. The molecule has 2 aromatic rings. The highest BCUT2D eigenvalue weighted by molar-refractivity contribution is 6.00. The van der Waals surface area contributed by atoms with Crippen LogP contribution in [0.15, 0.2) is 59.8 Å². The maximum Gasteiger partial charge on any atom is 0.0749 e. The Balaban J connectivity index is 0.000000489. The summed E-state index contributed by atoms with van der Waals surface area (Å²) in [5.41, 5.74) is 7.10. The summed E-state index contributed by atoms with van der Waals surface area (Å²) < 4.78 is 0. The number of benzene rings is 1. The molecule has 4 rings (SSSR count). The third-order valence-corrected chi connectivity index (χ3v) is 6.57. The van der Waals surface area contributed by atoms with E-state index in [2.05, 4.69) is 105 Å². The van der Waals surface area contributed by atoms with E-state index in [0.717, 1.165) is 12.8 Å². The van der Waals surface area contributed by atoms with Gasteiger partial charge in [0.05, 0.1) is 5.69 Å². The van der Waals surface area contributed by atoms with E-state index in [4.69, 9.17) is 4.98 Å². The van der Waals surface area contributed by atoms with Crippen molar-refractivity contribution in [3.63, 3.8) is 0 Å². The third-order valence-electron chi connectivity index (χ3n) is 6.57. The molecule has 1 aromatic heterocycles. The van der Waals surface area contributed by atoms with Crippen molar-refractivity contribution in [1.29, 1.82) is 0 Å². The molecule has 33 heavy (non-hydrogen) atoms. The molecule has 0 saturated heterocycles. The molecular formula is C32H47N. The van der Waals surface area contributed by atoms with Crippen LogP contribution in [0.1, 0.15) is 106 Å². The number of unbranched alkanes of at least 4 members (excludes halogenated alkanes) is 1. The first-order valence-corrected chi connectivity index (χ1v) is 13.2. The Morgan fingerprint density at radius 3 is 2.33 bits per heavy atom. The smallest absolute Gasteiger partial charge is 0.0749 e. The summed E-state index contributed by atoms with van der Waals surface area (Å²) in [6, 6.07) is 8.88. The van der Waals surface area contributed by atoms with Gasteiger partial charge in [-0.15, -0.1) is 0 Å². The Hall–Kier alpha value is -2.15. The van der Waals surface area contributed by atoms with Crippen molar-refractivity contribution in [2.45, 2.75) is 99.8 Å². The van der Waals surface area contributed by atoms with E-state index in [1.807, 2.05) is 6.20 Å². The zero-order valence-electron chi connectivity index (χ0n) is 22.8. The van der Waals surface area contributed by atoms with E-state index in [1.165, 1.54) is 58.0 Å². The standard InChI is InChI=1S/C25H29N.C4H10.C3H8/c1-16(2)8-6-9-18-13-12-17(3)23-22(18)24-21-19(14-15-26-24)10-7-11-20(21)25(23,4)5;1-3-4-2;1-3-2/h6-8,10-12,14-16,18H,9,13H2,1-5H3;3-4H2,1-2H3;3H2,1-2H3. The summed E-state index contributed by atoms with van der Waals surface area (Å²) in [5.74, 6) is 1.13. The summed E-state index contributed by atoms with van der Waals surface area (Å²) in [6.07, 6.45) is 15.2. The number of allylic oxidation sites excluding steroid dienone is 6. The van der Waals surface area contributed by atoms with Gasteiger partial charge >= 0.3 is 0 Å². The Labute approximate surface area is 204 Å². The van der Waals surface area contributed by atoms with E-state index >= 15 is 0 Å². The van der Waals surface area contributed by atoms with Gasteiger partial charge < -0.3 is 0 Å². The molecule has 0 radical (unpaired) electrons. The van der Waals surface area contributed by atoms with Crippen LogP contribution < -0.4 is 0 Å². The first-order valence-electron chi connectivity index (χ1n) is 13.2. The predicted molar refractivity (Wildman–Crippen MR) is 149 cm³/mol. The van der Waals surface area contributed by atoms with Gasteiger partial charge in [-0.3, -0.25) is 4.98 Å². The summed E-state index contributed by atoms with van der Waals surface area (Å²) >= 11 is 0. The Bertz CT molecular complexity index is 993. The van der Waals surface area contributed by atoms with Crippen LogP contribution in [0.4, 0.5) is 0 Å². The highest BCUT2D eigenvalue weighted by Crippen LogP contribution is 2.53. The Morgan fingerprint density at radius 2 is 1.73 bits per heavy atom. The van der Waals surface area contributed by atoms with Crippen molar-refractivity contribution < 1.29 is 0 Å². The first kappa shape index (κ1) is 27.1. The number of aromatic nitrogens is 1. The third kappa shape index (κ3) is 6.05.